The number of thiophene rings is 1. The molecule has 1 N–H and O–H groups in total. The van der Waals surface area contributed by atoms with Gasteiger partial charge in [-0.1, -0.05) is 30.3 Å². The molecule has 140 valence electrons. The fraction of sp³-hybridized carbons (Fsp3) is 0.0500. The van der Waals surface area contributed by atoms with Gasteiger partial charge in [-0.2, -0.15) is 0 Å². The number of rotatable bonds is 4. The van der Waals surface area contributed by atoms with E-state index in [-0.39, 0.29) is 17.8 Å². The fourth-order valence-electron chi connectivity index (χ4n) is 2.75. The molecule has 4 aromatic rings. The molecule has 2 heterocycles. The number of carbonyl (C=O) groups is 1. The zero-order chi connectivity index (χ0) is 19.7. The molecule has 0 bridgehead atoms. The van der Waals surface area contributed by atoms with Crippen molar-refractivity contribution in [1.82, 2.24) is 9.55 Å². The molecule has 0 unspecified atom stereocenters. The Morgan fingerprint density at radius 1 is 1.11 bits per heavy atom. The molecule has 5 nitrogen and oxygen atoms in total. The van der Waals surface area contributed by atoms with Crippen LogP contribution in [-0.2, 0) is 11.3 Å². The summed E-state index contributed by atoms with van der Waals surface area (Å²) >= 11 is 1.38. The third-order valence-electron chi connectivity index (χ3n) is 4.09. The lowest BCUT2D eigenvalue weighted by molar-refractivity contribution is -0.116. The molecule has 0 aliphatic carbocycles. The highest BCUT2D eigenvalue weighted by molar-refractivity contribution is 7.21. The van der Waals surface area contributed by atoms with Crippen molar-refractivity contribution in [3.63, 3.8) is 0 Å². The average molecular weight is 397 g/mol. The van der Waals surface area contributed by atoms with Crippen LogP contribution in [0.5, 0.6) is 0 Å². The van der Waals surface area contributed by atoms with Crippen molar-refractivity contribution >= 4 is 33.1 Å². The van der Waals surface area contributed by atoms with Gasteiger partial charge in [0.15, 0.2) is 0 Å². The first-order chi connectivity index (χ1) is 13.5. The monoisotopic (exact) mass is 397 g/mol. The third kappa shape index (κ3) is 3.54. The first kappa shape index (κ1) is 18.0. The van der Waals surface area contributed by atoms with Crippen molar-refractivity contribution in [2.75, 3.05) is 5.32 Å². The number of amides is 1. The maximum Gasteiger partial charge on any atom is 0.262 e. The van der Waals surface area contributed by atoms with E-state index in [0.717, 1.165) is 33.2 Å². The molecule has 28 heavy (non-hydrogen) atoms. The van der Waals surface area contributed by atoms with Crippen molar-refractivity contribution in [3.8, 4) is 10.4 Å². The molecule has 8 heteroatoms. The van der Waals surface area contributed by atoms with E-state index in [1.807, 2.05) is 30.3 Å². The number of benzene rings is 2. The molecule has 0 aliphatic rings. The highest BCUT2D eigenvalue weighted by Crippen LogP contribution is 2.30. The van der Waals surface area contributed by atoms with Crippen LogP contribution in [0.4, 0.5) is 14.5 Å². The third-order valence-corrected chi connectivity index (χ3v) is 5.19. The Hall–Kier alpha value is -3.39. The van der Waals surface area contributed by atoms with Gasteiger partial charge in [-0.05, 0) is 23.8 Å². The van der Waals surface area contributed by atoms with Gasteiger partial charge in [0.25, 0.3) is 5.56 Å². The molecule has 0 saturated heterocycles. The number of hydrogen-bond donors (Lipinski definition) is 1. The highest BCUT2D eigenvalue weighted by Gasteiger charge is 2.13. The topological polar surface area (TPSA) is 64.0 Å². The first-order valence-electron chi connectivity index (χ1n) is 8.30. The number of fused-ring (bicyclic) bond motifs is 1. The number of halogens is 2. The van der Waals surface area contributed by atoms with E-state index in [0.29, 0.717) is 10.2 Å². The second-order valence-electron chi connectivity index (χ2n) is 6.05. The van der Waals surface area contributed by atoms with Gasteiger partial charge in [0.1, 0.15) is 23.0 Å². The van der Waals surface area contributed by atoms with Crippen LogP contribution in [0.3, 0.4) is 0 Å². The van der Waals surface area contributed by atoms with E-state index in [2.05, 4.69) is 10.3 Å². The molecule has 4 rings (SSSR count). The van der Waals surface area contributed by atoms with Crippen LogP contribution >= 0.6 is 11.3 Å². The van der Waals surface area contributed by atoms with Crippen LogP contribution in [0.2, 0.25) is 0 Å². The van der Waals surface area contributed by atoms with Gasteiger partial charge in [-0.3, -0.25) is 14.2 Å². The van der Waals surface area contributed by atoms with Gasteiger partial charge in [0, 0.05) is 10.9 Å². The zero-order valence-electron chi connectivity index (χ0n) is 14.4. The largest absolute Gasteiger partial charge is 0.322 e. The number of carbonyl (C=O) groups excluding carboxylic acids is 1. The molecule has 0 spiro atoms. The van der Waals surface area contributed by atoms with Crippen LogP contribution < -0.4 is 10.9 Å². The number of nitrogens with one attached hydrogen (secondary N) is 1. The van der Waals surface area contributed by atoms with E-state index in [1.54, 1.807) is 6.07 Å². The predicted octanol–water partition coefficient (Wildman–Crippen LogP) is 4.04. The highest BCUT2D eigenvalue weighted by atomic mass is 32.1. The summed E-state index contributed by atoms with van der Waals surface area (Å²) in [5.74, 6) is -2.10. The number of nitrogens with zero attached hydrogens (tertiary/aromatic N) is 2. The van der Waals surface area contributed by atoms with Crippen molar-refractivity contribution in [1.29, 1.82) is 0 Å². The van der Waals surface area contributed by atoms with Crippen LogP contribution in [0.25, 0.3) is 20.7 Å². The molecule has 2 aromatic carbocycles. The Balaban J connectivity index is 1.60. The lowest BCUT2D eigenvalue weighted by Gasteiger charge is -2.08. The minimum atomic E-state index is -0.763. The van der Waals surface area contributed by atoms with Gasteiger partial charge < -0.3 is 5.32 Å². The summed E-state index contributed by atoms with van der Waals surface area (Å²) in [6.45, 7) is -0.367. The van der Waals surface area contributed by atoms with Crippen molar-refractivity contribution in [2.45, 2.75) is 6.54 Å². The normalized spacial score (nSPS) is 10.9. The maximum absolute atomic E-state index is 13.7. The fourth-order valence-corrected chi connectivity index (χ4v) is 3.75. The molecule has 0 saturated carbocycles. The minimum absolute atomic E-state index is 0.283. The standard InChI is InChI=1S/C20H13F2N3O2S/c21-13-6-7-15(22)16(8-13)24-18(26)10-25-11-23-19-14(20(25)27)9-17(28-19)12-4-2-1-3-5-12/h1-9,11H,10H2,(H,24,26). The van der Waals surface area contributed by atoms with Gasteiger partial charge in [0.2, 0.25) is 5.91 Å². The molecule has 0 aliphatic heterocycles. The second kappa shape index (κ2) is 7.32. The summed E-state index contributed by atoms with van der Waals surface area (Å²) in [6.07, 6.45) is 1.28. The predicted molar refractivity (Wildman–Crippen MR) is 104 cm³/mol. The maximum atomic E-state index is 13.7. The second-order valence-corrected chi connectivity index (χ2v) is 7.08. The van der Waals surface area contributed by atoms with Crippen molar-refractivity contribution < 1.29 is 13.6 Å². The Morgan fingerprint density at radius 2 is 1.89 bits per heavy atom. The zero-order valence-corrected chi connectivity index (χ0v) is 15.2. The number of hydrogen-bond acceptors (Lipinski definition) is 4. The summed E-state index contributed by atoms with van der Waals surface area (Å²) in [6, 6.07) is 14.1. The van der Waals surface area contributed by atoms with E-state index >= 15 is 0 Å². The van der Waals surface area contributed by atoms with Crippen LogP contribution in [-0.4, -0.2) is 15.5 Å². The van der Waals surface area contributed by atoms with Crippen LogP contribution in [0.1, 0.15) is 0 Å². The lowest BCUT2D eigenvalue weighted by Crippen LogP contribution is -2.27. The van der Waals surface area contributed by atoms with E-state index < -0.39 is 17.5 Å². The Bertz CT molecular complexity index is 1240. The number of anilines is 1. The minimum Gasteiger partial charge on any atom is -0.322 e. The first-order valence-corrected chi connectivity index (χ1v) is 9.12. The lowest BCUT2D eigenvalue weighted by atomic mass is 10.2. The van der Waals surface area contributed by atoms with Crippen molar-refractivity contribution in [2.24, 2.45) is 0 Å². The smallest absolute Gasteiger partial charge is 0.262 e. The van der Waals surface area contributed by atoms with Crippen molar-refractivity contribution in [3.05, 3.63) is 82.9 Å². The molecule has 0 atom stereocenters. The summed E-state index contributed by atoms with van der Waals surface area (Å²) in [7, 11) is 0. The summed E-state index contributed by atoms with van der Waals surface area (Å²) in [5.41, 5.74) is 0.308. The Morgan fingerprint density at radius 3 is 2.68 bits per heavy atom. The van der Waals surface area contributed by atoms with E-state index in [1.165, 1.54) is 17.7 Å². The van der Waals surface area contributed by atoms with E-state index in [9.17, 15) is 18.4 Å². The molecular formula is C20H13F2N3O2S. The molecular weight excluding hydrogens is 384 g/mol. The molecule has 0 fully saturated rings. The van der Waals surface area contributed by atoms with Crippen LogP contribution in [0.15, 0.2) is 65.7 Å². The Labute approximate surface area is 161 Å². The molecule has 0 radical (unpaired) electrons. The average Bonchev–Trinajstić information content (AvgIpc) is 3.13. The number of aromatic nitrogens is 2. The molecule has 1 amide bonds. The van der Waals surface area contributed by atoms with Gasteiger partial charge in [0.05, 0.1) is 17.4 Å². The Kier molecular flexibility index (Phi) is 4.70. The van der Waals surface area contributed by atoms with Gasteiger partial charge in [-0.15, -0.1) is 11.3 Å². The van der Waals surface area contributed by atoms with Gasteiger partial charge >= 0.3 is 0 Å². The van der Waals surface area contributed by atoms with Gasteiger partial charge in [-0.25, -0.2) is 13.8 Å². The summed E-state index contributed by atoms with van der Waals surface area (Å²) in [4.78, 5) is 30.6. The van der Waals surface area contributed by atoms with E-state index in [4.69, 9.17) is 0 Å². The summed E-state index contributed by atoms with van der Waals surface area (Å²) in [5, 5.41) is 2.67. The quantitative estimate of drug-likeness (QED) is 0.565. The molecule has 2 aromatic heterocycles. The summed E-state index contributed by atoms with van der Waals surface area (Å²) < 4.78 is 28.0. The van der Waals surface area contributed by atoms with Crippen LogP contribution in [0, 0.1) is 11.6 Å². The SMILES string of the molecule is O=C(Cn1cnc2sc(-c3ccccc3)cc2c1=O)Nc1cc(F)ccc1F.